The molecule has 2 aromatic carbocycles. The minimum absolute atomic E-state index is 0.0178. The Morgan fingerprint density at radius 1 is 0.635 bits per heavy atom. The molecule has 26 nitrogen and oxygen atoms in total. The molecule has 0 spiro atoms. The number of carboxylic acid groups (broad SMARTS) is 2. The van der Waals surface area contributed by atoms with Gasteiger partial charge in [-0.05, 0) is 73.4 Å². The third-order valence-corrected chi connectivity index (χ3v) is 22.4. The van der Waals surface area contributed by atoms with E-state index >= 15 is 4.79 Å². The molecular weight excluding hydrogens is 1350 g/mol. The Hall–Kier alpha value is -9.15. The van der Waals surface area contributed by atoms with Crippen molar-refractivity contribution >= 4 is 115 Å². The molecule has 3 aliphatic heterocycles. The van der Waals surface area contributed by atoms with E-state index in [1.54, 1.807) is 89.5 Å². The van der Waals surface area contributed by atoms with E-state index in [1.165, 1.54) is 50.5 Å². The second-order valence-electron chi connectivity index (χ2n) is 23.6. The molecule has 3 aliphatic rings. The van der Waals surface area contributed by atoms with Gasteiger partial charge >= 0.3 is 11.9 Å². The number of aliphatic carboxylic acids is 2. The van der Waals surface area contributed by atoms with Gasteiger partial charge in [-0.2, -0.15) is 0 Å². The van der Waals surface area contributed by atoms with Crippen LogP contribution < -0.4 is 21.7 Å². The van der Waals surface area contributed by atoms with Crippen molar-refractivity contribution in [1.29, 1.82) is 0 Å². The highest BCUT2D eigenvalue weighted by atomic mass is 32.1. The minimum Gasteiger partial charge on any atom is -0.508 e. The van der Waals surface area contributed by atoms with Gasteiger partial charge in [0.25, 0.3) is 23.6 Å². The predicted molar refractivity (Wildman–Crippen MR) is 357 cm³/mol. The highest BCUT2D eigenvalue weighted by Gasteiger charge is 2.46. The van der Waals surface area contributed by atoms with Gasteiger partial charge < -0.3 is 57.0 Å². The summed E-state index contributed by atoms with van der Waals surface area (Å²) < 4.78 is 0. The summed E-state index contributed by atoms with van der Waals surface area (Å²) in [6, 6.07) is 13.5. The van der Waals surface area contributed by atoms with Crippen molar-refractivity contribution in [2.24, 2.45) is 23.5 Å². The number of fused-ring (bicyclic) bond motifs is 16. The number of hydrogen-bond donors (Lipinski definition) is 9. The smallest absolute Gasteiger partial charge is 0.303 e. The Balaban J connectivity index is 0.928. The number of hydrogen-bond acceptors (Lipinski definition) is 24. The molecule has 2 fully saturated rings. The summed E-state index contributed by atoms with van der Waals surface area (Å²) >= 11 is 6.77. The average Bonchev–Trinajstić information content (AvgIpc) is 1.61. The number of benzene rings is 2. The molecule has 0 aliphatic carbocycles. The number of aromatic nitrogens is 7. The number of piperidine rings is 1. The van der Waals surface area contributed by atoms with Crippen LogP contribution in [0.5, 0.6) is 5.75 Å². The Kier molecular flexibility index (Phi) is 20.0. The third-order valence-electron chi connectivity index (χ3n) is 16.9. The maximum absolute atomic E-state index is 15.3. The molecule has 32 heteroatoms. The average molecular weight is 1410 g/mol. The number of phenolic OH excluding ortho intramolecular Hbond substituents is 1. The number of amides is 6. The first-order valence-corrected chi connectivity index (χ1v) is 35.5. The molecule has 9 atom stereocenters. The van der Waals surface area contributed by atoms with E-state index in [-0.39, 0.29) is 89.3 Å². The van der Waals surface area contributed by atoms with Crippen LogP contribution >= 0.6 is 68.0 Å². The van der Waals surface area contributed by atoms with Crippen molar-refractivity contribution < 1.29 is 63.9 Å². The van der Waals surface area contributed by atoms with Gasteiger partial charge in [-0.25, -0.2) is 34.9 Å². The van der Waals surface area contributed by atoms with E-state index in [0.717, 1.165) is 45.3 Å². The molecule has 7 aromatic heterocycles. The van der Waals surface area contributed by atoms with Crippen LogP contribution in [0, 0.1) is 24.7 Å². The summed E-state index contributed by atoms with van der Waals surface area (Å²) in [6.07, 6.45) is -1.90. The van der Waals surface area contributed by atoms with Gasteiger partial charge in [0.2, 0.25) is 11.8 Å². The lowest BCUT2D eigenvalue weighted by molar-refractivity contribution is -0.138. The van der Waals surface area contributed by atoms with Crippen molar-refractivity contribution in [2.45, 2.75) is 95.2 Å². The fourth-order valence-electron chi connectivity index (χ4n) is 12.0. The number of rotatable bonds is 14. The standard InChI is InChI=1S/C64H61N13O13S6/c1-29-45(79)23-77-52(29)62-72-43(27-95-62)59-69-40(24-92-59)50-36(14-15-37(66-50)58-73-44(28-93-58)63(89)76-21-32(10-16-47(81)82)18-33(22-76)11-17-48(83)84)57-70-41(25-91-57)54(86)67-38(20-46(65)80)60-75-49(30(2)96-60)56(88)74-51(53(85)34-6-4-3-5-7-34)61-71-42(26-94-61)55(87)68-39(64(77)90)19-31-8-12-35(78)13-9-31/h3-9,12-15,24-29,32-33,38-39,45,51-53,78-79,85H,10-11,16-23H2,1-2H3,(H2,65,80)(H,67,86)(H,68,87)(H,74,88)(H,81,82)(H,83,84)/t29-,32-,33+,38-,39-,45-,51-,52-,53+/m0/s1. The number of carbonyl (C=O) groups is 8. The van der Waals surface area contributed by atoms with E-state index in [9.17, 15) is 59.1 Å². The zero-order valence-corrected chi connectivity index (χ0v) is 56.0. The topological polar surface area (TPSA) is 397 Å². The van der Waals surface area contributed by atoms with E-state index < -0.39 is 96.1 Å². The Bertz CT molecular complexity index is 4410. The number of thiazole rings is 6. The van der Waals surface area contributed by atoms with Crippen molar-refractivity contribution in [3.63, 3.8) is 0 Å². The van der Waals surface area contributed by atoms with Crippen molar-refractivity contribution in [2.75, 3.05) is 19.6 Å². The number of aryl methyl sites for hydroxylation is 1. The second-order valence-corrected chi connectivity index (χ2v) is 29.2. The normalized spacial score (nSPS) is 21.2. The highest BCUT2D eigenvalue weighted by molar-refractivity contribution is 7.15. The number of phenols is 1. The number of aromatic hydroxyl groups is 1. The number of nitrogens with two attached hydrogens (primary N) is 1. The van der Waals surface area contributed by atoms with Crippen LogP contribution in [0.15, 0.2) is 93.6 Å². The lowest BCUT2D eigenvalue weighted by Crippen LogP contribution is -2.50. The monoisotopic (exact) mass is 1410 g/mol. The molecule has 96 heavy (non-hydrogen) atoms. The first-order chi connectivity index (χ1) is 46.1. The van der Waals surface area contributed by atoms with Crippen molar-refractivity contribution in [3.05, 3.63) is 147 Å². The summed E-state index contributed by atoms with van der Waals surface area (Å²) in [5.74, 6) is -6.83. The van der Waals surface area contributed by atoms with Crippen LogP contribution in [-0.4, -0.2) is 149 Å². The molecule has 9 aromatic rings. The summed E-state index contributed by atoms with van der Waals surface area (Å²) in [7, 11) is 0. The Morgan fingerprint density at radius 2 is 1.25 bits per heavy atom. The van der Waals surface area contributed by atoms with E-state index in [0.29, 0.717) is 83.6 Å². The minimum atomic E-state index is -1.43. The van der Waals surface area contributed by atoms with Crippen LogP contribution in [0.4, 0.5) is 0 Å². The van der Waals surface area contributed by atoms with Gasteiger partial charge in [0.1, 0.15) is 93.8 Å². The molecule has 10 heterocycles. The van der Waals surface area contributed by atoms with Gasteiger partial charge in [0.15, 0.2) is 0 Å². The van der Waals surface area contributed by atoms with E-state index in [1.807, 2.05) is 0 Å². The highest BCUT2D eigenvalue weighted by Crippen LogP contribution is 2.43. The first-order valence-electron chi connectivity index (χ1n) is 30.3. The Morgan fingerprint density at radius 3 is 1.96 bits per heavy atom. The SMILES string of the molecule is Cc1sc2nc1C(=O)N[C@@H]([C@H](O)c1ccccc1)c1nc(cs1)C(=O)N[C@@H](Cc1ccc(O)cc1)C(=O)N1C[C@H](O)[C@H](C)[C@H]1c1nc(cs1)-c1nc(cs1)-c1nc(-c3nc(C(=O)N4C[C@H](CCC(=O)O)C[C@H](CCC(=O)O)C4)cs3)ccc1-c1nc(cs1)C(=O)N[C@H]2CC(N)=O. The number of carbonyl (C=O) groups excluding carboxylic acids is 6. The summed E-state index contributed by atoms with van der Waals surface area (Å²) in [5.41, 5.74) is 8.43. The molecule has 10 N–H and O–H groups in total. The number of nitrogens with zero attached hydrogens (tertiary/aromatic N) is 9. The fourth-order valence-corrected chi connectivity index (χ4v) is 17.3. The molecular formula is C64H61N13O13S6. The number of nitrogens with one attached hydrogen (secondary N) is 3. The van der Waals surface area contributed by atoms with Crippen LogP contribution in [0.2, 0.25) is 0 Å². The lowest BCUT2D eigenvalue weighted by atomic mass is 9.84. The molecule has 0 unspecified atom stereocenters. The number of pyridine rings is 1. The van der Waals surface area contributed by atoms with Crippen LogP contribution in [0.3, 0.4) is 0 Å². The quantitative estimate of drug-likeness (QED) is 0.0496. The maximum atomic E-state index is 15.3. The Labute approximate surface area is 571 Å². The number of aliphatic hydroxyl groups is 2. The molecule has 0 radical (unpaired) electrons. The zero-order valence-electron chi connectivity index (χ0n) is 51.1. The van der Waals surface area contributed by atoms with Gasteiger partial charge in [-0.3, -0.25) is 38.4 Å². The van der Waals surface area contributed by atoms with Gasteiger partial charge in [0.05, 0.1) is 30.3 Å². The number of primary amides is 1. The van der Waals surface area contributed by atoms with Crippen LogP contribution in [0.25, 0.3) is 43.4 Å². The predicted octanol–water partition coefficient (Wildman–Crippen LogP) is 8.10. The summed E-state index contributed by atoms with van der Waals surface area (Å²) in [5, 5.41) is 71.3. The largest absolute Gasteiger partial charge is 0.508 e. The van der Waals surface area contributed by atoms with E-state index in [4.69, 9.17) is 30.7 Å². The molecule has 6 amide bonds. The van der Waals surface area contributed by atoms with Gasteiger partial charge in [-0.15, -0.1) is 68.0 Å². The number of likely N-dealkylation sites (tertiary alicyclic amines) is 1. The molecule has 12 rings (SSSR count). The molecule has 0 saturated carbocycles. The second kappa shape index (κ2) is 28.7. The van der Waals surface area contributed by atoms with Crippen molar-refractivity contribution in [3.8, 4) is 49.1 Å². The van der Waals surface area contributed by atoms with Gasteiger partial charge in [0, 0.05) is 82.2 Å². The summed E-state index contributed by atoms with van der Waals surface area (Å²) in [4.78, 5) is 146. The maximum Gasteiger partial charge on any atom is 0.303 e. The lowest BCUT2D eigenvalue weighted by Gasteiger charge is -2.37. The third kappa shape index (κ3) is 14.8. The fraction of sp³-hybridized carbons (Fsp3) is 0.328. The first kappa shape index (κ1) is 66.9. The summed E-state index contributed by atoms with van der Waals surface area (Å²) in [6.45, 7) is 3.85. The number of aliphatic hydroxyl groups excluding tert-OH is 2. The molecule has 2 saturated heterocycles. The molecule has 10 bridgehead atoms. The van der Waals surface area contributed by atoms with Crippen LogP contribution in [0.1, 0.15) is 143 Å². The number of carboxylic acids is 2. The van der Waals surface area contributed by atoms with Crippen molar-refractivity contribution in [1.82, 2.24) is 60.6 Å². The van der Waals surface area contributed by atoms with Crippen LogP contribution in [-0.2, 0) is 25.6 Å². The molecule has 496 valence electrons. The van der Waals surface area contributed by atoms with E-state index in [2.05, 4.69) is 25.9 Å². The van der Waals surface area contributed by atoms with Gasteiger partial charge in [-0.1, -0.05) is 49.4 Å². The zero-order chi connectivity index (χ0) is 67.6.